The molecule has 0 aliphatic rings. The second-order valence-corrected chi connectivity index (χ2v) is 3.39. The van der Waals surface area contributed by atoms with E-state index in [1.807, 2.05) is 31.2 Å². The molecular formula is C12H18N2O2. The summed E-state index contributed by atoms with van der Waals surface area (Å²) in [5, 5.41) is 5.46. The lowest BCUT2D eigenvalue weighted by Gasteiger charge is -2.06. The zero-order valence-electron chi connectivity index (χ0n) is 9.75. The van der Waals surface area contributed by atoms with Crippen molar-refractivity contribution >= 4 is 6.03 Å². The summed E-state index contributed by atoms with van der Waals surface area (Å²) in [6, 6.07) is 7.72. The third-order valence-corrected chi connectivity index (χ3v) is 2.17. The number of amides is 2. The SMILES string of the molecule is CCNC(=O)NCCc1cccc(OC)c1. The highest BCUT2D eigenvalue weighted by atomic mass is 16.5. The third kappa shape index (κ3) is 4.21. The summed E-state index contributed by atoms with van der Waals surface area (Å²) < 4.78 is 5.12. The molecule has 88 valence electrons. The minimum absolute atomic E-state index is 0.120. The first kappa shape index (κ1) is 12.4. The van der Waals surface area contributed by atoms with Crippen molar-refractivity contribution in [3.63, 3.8) is 0 Å². The highest BCUT2D eigenvalue weighted by Gasteiger charge is 1.98. The summed E-state index contributed by atoms with van der Waals surface area (Å²) in [5.74, 6) is 0.843. The molecule has 0 aliphatic carbocycles. The minimum Gasteiger partial charge on any atom is -0.497 e. The molecule has 0 radical (unpaired) electrons. The molecule has 0 heterocycles. The Morgan fingerprint density at radius 2 is 2.19 bits per heavy atom. The Bertz CT molecular complexity index is 340. The van der Waals surface area contributed by atoms with Crippen molar-refractivity contribution in [2.24, 2.45) is 0 Å². The van der Waals surface area contributed by atoms with E-state index in [9.17, 15) is 4.79 Å². The number of carbonyl (C=O) groups excluding carboxylic acids is 1. The maximum Gasteiger partial charge on any atom is 0.314 e. The maximum absolute atomic E-state index is 11.1. The summed E-state index contributed by atoms with van der Waals surface area (Å²) >= 11 is 0. The van der Waals surface area contributed by atoms with Gasteiger partial charge in [-0.15, -0.1) is 0 Å². The van der Waals surface area contributed by atoms with Crippen molar-refractivity contribution in [3.8, 4) is 5.75 Å². The predicted molar refractivity (Wildman–Crippen MR) is 63.8 cm³/mol. The molecular weight excluding hydrogens is 204 g/mol. The quantitative estimate of drug-likeness (QED) is 0.794. The molecule has 0 unspecified atom stereocenters. The lowest BCUT2D eigenvalue weighted by Crippen LogP contribution is -2.36. The molecule has 0 aliphatic heterocycles. The minimum atomic E-state index is -0.120. The molecule has 4 heteroatoms. The average Bonchev–Trinajstić information content (AvgIpc) is 2.30. The molecule has 0 saturated heterocycles. The fourth-order valence-electron chi connectivity index (χ4n) is 1.37. The normalized spacial score (nSPS) is 9.62. The van der Waals surface area contributed by atoms with Crippen LogP contribution in [-0.2, 0) is 6.42 Å². The molecule has 16 heavy (non-hydrogen) atoms. The van der Waals surface area contributed by atoms with Crippen LogP contribution in [0.5, 0.6) is 5.75 Å². The number of benzene rings is 1. The van der Waals surface area contributed by atoms with Gasteiger partial charge in [-0.25, -0.2) is 4.79 Å². The average molecular weight is 222 g/mol. The van der Waals surface area contributed by atoms with Crippen LogP contribution in [-0.4, -0.2) is 26.2 Å². The predicted octanol–water partition coefficient (Wildman–Crippen LogP) is 1.56. The second kappa shape index (κ2) is 6.71. The van der Waals surface area contributed by atoms with Gasteiger partial charge in [0.25, 0.3) is 0 Å². The number of hydrogen-bond acceptors (Lipinski definition) is 2. The van der Waals surface area contributed by atoms with Crippen molar-refractivity contribution in [1.29, 1.82) is 0 Å². The Morgan fingerprint density at radius 1 is 1.38 bits per heavy atom. The van der Waals surface area contributed by atoms with Gasteiger partial charge in [0, 0.05) is 13.1 Å². The van der Waals surface area contributed by atoms with Crippen LogP contribution in [0, 0.1) is 0 Å². The fraction of sp³-hybridized carbons (Fsp3) is 0.417. The summed E-state index contributed by atoms with van der Waals surface area (Å²) in [4.78, 5) is 11.1. The molecule has 1 aromatic carbocycles. The molecule has 0 bridgehead atoms. The lowest BCUT2D eigenvalue weighted by atomic mass is 10.1. The Hall–Kier alpha value is -1.71. The Balaban J connectivity index is 2.34. The van der Waals surface area contributed by atoms with E-state index in [0.29, 0.717) is 13.1 Å². The van der Waals surface area contributed by atoms with E-state index in [1.165, 1.54) is 0 Å². The number of ether oxygens (including phenoxy) is 1. The number of carbonyl (C=O) groups is 1. The first-order valence-electron chi connectivity index (χ1n) is 5.41. The highest BCUT2D eigenvalue weighted by molar-refractivity contribution is 5.73. The smallest absolute Gasteiger partial charge is 0.314 e. The molecule has 0 spiro atoms. The topological polar surface area (TPSA) is 50.4 Å². The van der Waals surface area contributed by atoms with Crippen LogP contribution in [0.3, 0.4) is 0 Å². The molecule has 1 rings (SSSR count). The Labute approximate surface area is 96.0 Å². The zero-order chi connectivity index (χ0) is 11.8. The van der Waals surface area contributed by atoms with Crippen LogP contribution < -0.4 is 15.4 Å². The van der Waals surface area contributed by atoms with E-state index in [-0.39, 0.29) is 6.03 Å². The monoisotopic (exact) mass is 222 g/mol. The Kier molecular flexibility index (Phi) is 5.19. The van der Waals surface area contributed by atoms with Crippen LogP contribution in [0.4, 0.5) is 4.79 Å². The first-order valence-corrected chi connectivity index (χ1v) is 5.41. The van der Waals surface area contributed by atoms with Gasteiger partial charge >= 0.3 is 6.03 Å². The molecule has 2 amide bonds. The van der Waals surface area contributed by atoms with E-state index in [2.05, 4.69) is 10.6 Å². The number of nitrogens with one attached hydrogen (secondary N) is 2. The van der Waals surface area contributed by atoms with E-state index < -0.39 is 0 Å². The first-order chi connectivity index (χ1) is 7.76. The van der Waals surface area contributed by atoms with Crippen molar-refractivity contribution in [2.45, 2.75) is 13.3 Å². The van der Waals surface area contributed by atoms with Gasteiger partial charge in [-0.05, 0) is 31.0 Å². The third-order valence-electron chi connectivity index (χ3n) is 2.17. The van der Waals surface area contributed by atoms with Gasteiger partial charge in [-0.1, -0.05) is 12.1 Å². The second-order valence-electron chi connectivity index (χ2n) is 3.39. The van der Waals surface area contributed by atoms with E-state index in [1.54, 1.807) is 7.11 Å². The fourth-order valence-corrected chi connectivity index (χ4v) is 1.37. The van der Waals surface area contributed by atoms with E-state index >= 15 is 0 Å². The molecule has 1 aromatic rings. The van der Waals surface area contributed by atoms with Crippen molar-refractivity contribution in [3.05, 3.63) is 29.8 Å². The zero-order valence-corrected chi connectivity index (χ0v) is 9.75. The van der Waals surface area contributed by atoms with Gasteiger partial charge in [0.05, 0.1) is 7.11 Å². The molecule has 0 atom stereocenters. The molecule has 2 N–H and O–H groups in total. The van der Waals surface area contributed by atoms with Gasteiger partial charge in [0.1, 0.15) is 5.75 Å². The summed E-state index contributed by atoms with van der Waals surface area (Å²) in [6.07, 6.45) is 0.800. The van der Waals surface area contributed by atoms with Gasteiger partial charge < -0.3 is 15.4 Å². The summed E-state index contributed by atoms with van der Waals surface area (Å²) in [5.41, 5.74) is 1.15. The van der Waals surface area contributed by atoms with Gasteiger partial charge in [-0.2, -0.15) is 0 Å². The number of urea groups is 1. The summed E-state index contributed by atoms with van der Waals surface area (Å²) in [6.45, 7) is 3.16. The van der Waals surface area contributed by atoms with Crippen molar-refractivity contribution in [1.82, 2.24) is 10.6 Å². The van der Waals surface area contributed by atoms with Crippen molar-refractivity contribution < 1.29 is 9.53 Å². The van der Waals surface area contributed by atoms with E-state index in [4.69, 9.17) is 4.74 Å². The summed E-state index contributed by atoms with van der Waals surface area (Å²) in [7, 11) is 1.64. The standard InChI is InChI=1S/C12H18N2O2/c1-3-13-12(15)14-8-7-10-5-4-6-11(9-10)16-2/h4-6,9H,3,7-8H2,1-2H3,(H2,13,14,15). The maximum atomic E-state index is 11.1. The van der Waals surface area contributed by atoms with Crippen LogP contribution in [0.25, 0.3) is 0 Å². The van der Waals surface area contributed by atoms with Gasteiger partial charge in [-0.3, -0.25) is 0 Å². The molecule has 0 aromatic heterocycles. The molecule has 4 nitrogen and oxygen atoms in total. The van der Waals surface area contributed by atoms with Crippen molar-refractivity contribution in [2.75, 3.05) is 20.2 Å². The van der Waals surface area contributed by atoms with Crippen LogP contribution in [0.15, 0.2) is 24.3 Å². The van der Waals surface area contributed by atoms with E-state index in [0.717, 1.165) is 17.7 Å². The van der Waals surface area contributed by atoms with Crippen LogP contribution in [0.2, 0.25) is 0 Å². The molecule has 0 fully saturated rings. The highest BCUT2D eigenvalue weighted by Crippen LogP contribution is 2.12. The van der Waals surface area contributed by atoms with Crippen LogP contribution in [0.1, 0.15) is 12.5 Å². The van der Waals surface area contributed by atoms with Gasteiger partial charge in [0.15, 0.2) is 0 Å². The number of rotatable bonds is 5. The molecule has 0 saturated carbocycles. The Morgan fingerprint density at radius 3 is 2.88 bits per heavy atom. The van der Waals surface area contributed by atoms with Crippen LogP contribution >= 0.6 is 0 Å². The largest absolute Gasteiger partial charge is 0.497 e. The number of methoxy groups -OCH3 is 1. The lowest BCUT2D eigenvalue weighted by molar-refractivity contribution is 0.241. The number of hydrogen-bond donors (Lipinski definition) is 2. The van der Waals surface area contributed by atoms with Gasteiger partial charge in [0.2, 0.25) is 0 Å².